The first-order valence-corrected chi connectivity index (χ1v) is 12.4. The van der Waals surface area contributed by atoms with Crippen LogP contribution in [0.4, 0.5) is 0 Å². The Morgan fingerprint density at radius 1 is 1.09 bits per heavy atom. The van der Waals surface area contributed by atoms with Crippen molar-refractivity contribution in [3.63, 3.8) is 0 Å². The van der Waals surface area contributed by atoms with Gasteiger partial charge in [-0.25, -0.2) is 0 Å². The van der Waals surface area contributed by atoms with E-state index >= 15 is 0 Å². The molecule has 0 amide bonds. The predicted molar refractivity (Wildman–Crippen MR) is 138 cm³/mol. The Bertz CT molecular complexity index is 891. The van der Waals surface area contributed by atoms with Crippen molar-refractivity contribution in [2.75, 3.05) is 26.7 Å². The summed E-state index contributed by atoms with van der Waals surface area (Å²) >= 11 is 0. The molecule has 1 fully saturated rings. The number of ether oxygens (including phenoxy) is 1. The molecule has 0 spiro atoms. The number of piperidine rings is 1. The van der Waals surface area contributed by atoms with Gasteiger partial charge < -0.3 is 9.84 Å². The number of carboxylic acids is 1. The van der Waals surface area contributed by atoms with Crippen molar-refractivity contribution in [2.24, 2.45) is 0 Å². The van der Waals surface area contributed by atoms with E-state index in [-0.39, 0.29) is 17.6 Å². The number of nitrogens with zero attached hydrogens (tertiary/aromatic N) is 3. The maximum Gasteiger partial charge on any atom is 0.317 e. The molecule has 188 valence electrons. The zero-order valence-corrected chi connectivity index (χ0v) is 22.0. The summed E-state index contributed by atoms with van der Waals surface area (Å²) in [5, 5.41) is 9.62. The number of benzene rings is 1. The minimum Gasteiger partial charge on any atom is -0.496 e. The van der Waals surface area contributed by atoms with Crippen LogP contribution in [0.15, 0.2) is 48.7 Å². The fourth-order valence-corrected chi connectivity index (χ4v) is 4.83. The number of aromatic nitrogens is 1. The highest BCUT2D eigenvalue weighted by Crippen LogP contribution is 2.40. The van der Waals surface area contributed by atoms with E-state index < -0.39 is 5.97 Å². The Morgan fingerprint density at radius 2 is 1.71 bits per heavy atom. The summed E-state index contributed by atoms with van der Waals surface area (Å²) in [4.78, 5) is 20.7. The topological polar surface area (TPSA) is 65.9 Å². The number of aliphatic carboxylic acids is 1. The number of para-hydroxylation sites is 1. The summed E-state index contributed by atoms with van der Waals surface area (Å²) in [6.07, 6.45) is 3.87. The molecule has 1 aliphatic heterocycles. The fraction of sp³-hybridized carbons (Fsp3) is 0.571. The van der Waals surface area contributed by atoms with Crippen LogP contribution in [0.1, 0.15) is 71.6 Å². The first-order valence-electron chi connectivity index (χ1n) is 12.4. The Labute approximate surface area is 206 Å². The molecule has 3 rings (SSSR count). The number of carbonyl (C=O) groups is 1. The van der Waals surface area contributed by atoms with Crippen molar-refractivity contribution in [3.05, 3.63) is 59.9 Å². The third kappa shape index (κ3) is 6.36. The maximum absolute atomic E-state index is 11.7. The van der Waals surface area contributed by atoms with Crippen LogP contribution in [-0.4, -0.2) is 63.7 Å². The summed E-state index contributed by atoms with van der Waals surface area (Å²) in [5.41, 5.74) is 1.55. The molecule has 2 heterocycles. The van der Waals surface area contributed by atoms with Crippen LogP contribution in [0.2, 0.25) is 0 Å². The van der Waals surface area contributed by atoms with Crippen LogP contribution in [0, 0.1) is 0 Å². The number of pyridine rings is 1. The molecule has 6 heteroatoms. The summed E-state index contributed by atoms with van der Waals surface area (Å²) in [6.45, 7) is 15.2. The molecule has 2 aromatic rings. The van der Waals surface area contributed by atoms with Crippen LogP contribution in [-0.2, 0) is 11.3 Å². The molecule has 34 heavy (non-hydrogen) atoms. The SMILES string of the molecule is CC.COc1ccccc1C1CCN(C(C)(C)C(C)(C)N(CC(=O)O)Cc2ccccn2)CC1. The van der Waals surface area contributed by atoms with E-state index in [1.165, 1.54) is 5.56 Å². The lowest BCUT2D eigenvalue weighted by atomic mass is 9.77. The highest BCUT2D eigenvalue weighted by atomic mass is 16.5. The molecule has 0 aliphatic carbocycles. The number of likely N-dealkylation sites (tertiary alicyclic amines) is 1. The summed E-state index contributed by atoms with van der Waals surface area (Å²) < 4.78 is 5.59. The zero-order valence-electron chi connectivity index (χ0n) is 22.0. The average Bonchev–Trinajstić information content (AvgIpc) is 2.85. The molecule has 6 nitrogen and oxygen atoms in total. The van der Waals surface area contributed by atoms with Gasteiger partial charge in [0.1, 0.15) is 5.75 Å². The molecule has 0 saturated carbocycles. The van der Waals surface area contributed by atoms with Crippen molar-refractivity contribution in [2.45, 2.75) is 77.9 Å². The van der Waals surface area contributed by atoms with Crippen molar-refractivity contribution in [1.82, 2.24) is 14.8 Å². The molecular formula is C28H43N3O3. The van der Waals surface area contributed by atoms with Gasteiger partial charge in [-0.3, -0.25) is 19.6 Å². The monoisotopic (exact) mass is 469 g/mol. The molecule has 1 aromatic heterocycles. The average molecular weight is 470 g/mol. The maximum atomic E-state index is 11.7. The van der Waals surface area contributed by atoms with Crippen molar-refractivity contribution >= 4 is 5.97 Å². The summed E-state index contributed by atoms with van der Waals surface area (Å²) in [6, 6.07) is 14.1. The van der Waals surface area contributed by atoms with Gasteiger partial charge in [-0.15, -0.1) is 0 Å². The van der Waals surface area contributed by atoms with E-state index in [0.29, 0.717) is 12.5 Å². The Hall–Kier alpha value is -2.44. The van der Waals surface area contributed by atoms with Gasteiger partial charge in [-0.05, 0) is 83.3 Å². The van der Waals surface area contributed by atoms with Gasteiger partial charge in [-0.2, -0.15) is 0 Å². The number of carboxylic acid groups (broad SMARTS) is 1. The highest BCUT2D eigenvalue weighted by molar-refractivity contribution is 5.69. The minimum absolute atomic E-state index is 0.0231. The van der Waals surface area contributed by atoms with E-state index in [0.717, 1.165) is 37.4 Å². The molecule has 0 unspecified atom stereocenters. The van der Waals surface area contributed by atoms with Crippen LogP contribution < -0.4 is 4.74 Å². The van der Waals surface area contributed by atoms with Crippen molar-refractivity contribution in [3.8, 4) is 5.75 Å². The predicted octanol–water partition coefficient (Wildman–Crippen LogP) is 5.44. The van der Waals surface area contributed by atoms with Gasteiger partial charge in [0.25, 0.3) is 0 Å². The largest absolute Gasteiger partial charge is 0.496 e. The standard InChI is InChI=1S/C26H37N3O3.C2H6/c1-25(2,26(3,4)29(19-24(30)31)18-21-10-8-9-15-27-21)28-16-13-20(14-17-28)22-11-6-7-12-23(22)32-5;1-2/h6-12,15,20H,13-14,16-19H2,1-5H3,(H,30,31);1-2H3. The number of hydrogen-bond donors (Lipinski definition) is 1. The van der Waals surface area contributed by atoms with Gasteiger partial charge in [0.2, 0.25) is 0 Å². The second-order valence-corrected chi connectivity index (χ2v) is 9.69. The summed E-state index contributed by atoms with van der Waals surface area (Å²) in [5.74, 6) is 0.623. The molecule has 1 aliphatic rings. The normalized spacial score (nSPS) is 15.5. The first kappa shape index (κ1) is 27.8. The van der Waals surface area contributed by atoms with E-state index in [4.69, 9.17) is 4.74 Å². The number of rotatable bonds is 9. The number of hydrogen-bond acceptors (Lipinski definition) is 5. The van der Waals surface area contributed by atoms with Crippen LogP contribution >= 0.6 is 0 Å². The van der Waals surface area contributed by atoms with Gasteiger partial charge >= 0.3 is 5.97 Å². The minimum atomic E-state index is -0.820. The van der Waals surface area contributed by atoms with E-state index in [1.807, 2.05) is 49.1 Å². The molecule has 0 atom stereocenters. The van der Waals surface area contributed by atoms with E-state index in [1.54, 1.807) is 13.3 Å². The first-order chi connectivity index (χ1) is 16.2. The molecule has 1 N–H and O–H groups in total. The molecule has 0 bridgehead atoms. The Kier molecular flexibility index (Phi) is 10.1. The smallest absolute Gasteiger partial charge is 0.317 e. The van der Waals surface area contributed by atoms with Gasteiger partial charge in [0.15, 0.2) is 0 Å². The highest BCUT2D eigenvalue weighted by Gasteiger charge is 2.47. The van der Waals surface area contributed by atoms with Crippen LogP contribution in [0.5, 0.6) is 5.75 Å². The van der Waals surface area contributed by atoms with Crippen molar-refractivity contribution < 1.29 is 14.6 Å². The van der Waals surface area contributed by atoms with E-state index in [2.05, 4.69) is 49.7 Å². The molecule has 1 aromatic carbocycles. The fourth-order valence-electron chi connectivity index (χ4n) is 4.83. The van der Waals surface area contributed by atoms with E-state index in [9.17, 15) is 9.90 Å². The third-order valence-corrected chi connectivity index (χ3v) is 7.56. The van der Waals surface area contributed by atoms with Crippen molar-refractivity contribution in [1.29, 1.82) is 0 Å². The zero-order chi connectivity index (χ0) is 25.4. The molecule has 0 radical (unpaired) electrons. The van der Waals surface area contributed by atoms with Gasteiger partial charge in [0.05, 0.1) is 19.3 Å². The van der Waals surface area contributed by atoms with Crippen LogP contribution in [0.25, 0.3) is 0 Å². The molecule has 1 saturated heterocycles. The Morgan fingerprint density at radius 3 is 2.26 bits per heavy atom. The number of methoxy groups -OCH3 is 1. The Balaban J connectivity index is 0.00000199. The summed E-state index contributed by atoms with van der Waals surface area (Å²) in [7, 11) is 1.73. The lowest BCUT2D eigenvalue weighted by molar-refractivity contribution is -0.142. The second-order valence-electron chi connectivity index (χ2n) is 9.69. The van der Waals surface area contributed by atoms with Crippen LogP contribution in [0.3, 0.4) is 0 Å². The third-order valence-electron chi connectivity index (χ3n) is 7.56. The lowest BCUT2D eigenvalue weighted by Crippen LogP contribution is -2.66. The van der Waals surface area contributed by atoms with Gasteiger partial charge in [0, 0.05) is 23.8 Å². The molecular weight excluding hydrogens is 426 g/mol. The van der Waals surface area contributed by atoms with Gasteiger partial charge in [-0.1, -0.05) is 38.1 Å². The second kappa shape index (κ2) is 12.3. The lowest BCUT2D eigenvalue weighted by Gasteiger charge is -2.55. The quantitative estimate of drug-likeness (QED) is 0.528.